The number of carbonyl (C=O) groups is 1. The van der Waals surface area contributed by atoms with Crippen LogP contribution in [0.25, 0.3) is 10.2 Å². The van der Waals surface area contributed by atoms with Crippen LogP contribution in [-0.4, -0.2) is 42.5 Å². The normalized spacial score (nSPS) is 17.6. The van der Waals surface area contributed by atoms with Crippen molar-refractivity contribution in [3.05, 3.63) is 59.1 Å². The summed E-state index contributed by atoms with van der Waals surface area (Å²) in [5, 5.41) is 3.39. The Morgan fingerprint density at radius 2 is 2.20 bits per heavy atom. The Balaban J connectivity index is 1.69. The zero-order valence-corrected chi connectivity index (χ0v) is 14.8. The summed E-state index contributed by atoms with van der Waals surface area (Å²) in [7, 11) is 1.67. The fourth-order valence-corrected chi connectivity index (χ4v) is 4.04. The van der Waals surface area contributed by atoms with Gasteiger partial charge in [0.05, 0.1) is 28.9 Å². The largest absolute Gasteiger partial charge is 0.496 e. The first-order valence-corrected chi connectivity index (χ1v) is 9.14. The second-order valence-corrected chi connectivity index (χ2v) is 6.88. The molecule has 25 heavy (non-hydrogen) atoms. The first-order chi connectivity index (χ1) is 12.3. The fourth-order valence-electron chi connectivity index (χ4n) is 3.32. The standard InChI is InChI=1S/C19H19N3O2S/c1-24-17-5-3-2-4-14(17)16-11-20-8-9-22(16)19(23)13-6-7-15-18(10-13)25-12-21-15/h2-7,10,12,16,20H,8-9,11H2,1H3. The number of rotatable bonds is 3. The minimum absolute atomic E-state index is 0.0467. The third kappa shape index (κ3) is 2.99. The van der Waals surface area contributed by atoms with Crippen molar-refractivity contribution in [1.82, 2.24) is 15.2 Å². The summed E-state index contributed by atoms with van der Waals surface area (Å²) in [6, 6.07) is 13.6. The third-order valence-corrected chi connectivity index (χ3v) is 5.37. The van der Waals surface area contributed by atoms with E-state index in [0.29, 0.717) is 12.1 Å². The molecule has 4 rings (SSSR count). The number of carbonyl (C=O) groups excluding carboxylic acids is 1. The number of hydrogen-bond acceptors (Lipinski definition) is 5. The number of methoxy groups -OCH3 is 1. The predicted molar refractivity (Wildman–Crippen MR) is 99.3 cm³/mol. The number of hydrogen-bond donors (Lipinski definition) is 1. The average molecular weight is 353 g/mol. The van der Waals surface area contributed by atoms with E-state index in [0.717, 1.165) is 34.6 Å². The molecule has 1 unspecified atom stereocenters. The molecule has 1 N–H and O–H groups in total. The quantitative estimate of drug-likeness (QED) is 0.786. The van der Waals surface area contributed by atoms with Gasteiger partial charge in [-0.25, -0.2) is 4.98 Å². The van der Waals surface area contributed by atoms with Crippen LogP contribution >= 0.6 is 11.3 Å². The highest BCUT2D eigenvalue weighted by Gasteiger charge is 2.30. The third-order valence-electron chi connectivity index (χ3n) is 4.58. The van der Waals surface area contributed by atoms with Gasteiger partial charge in [0.15, 0.2) is 0 Å². The van der Waals surface area contributed by atoms with Crippen LogP contribution in [0.1, 0.15) is 22.0 Å². The molecule has 1 aliphatic rings. The Kier molecular flexibility index (Phi) is 4.38. The maximum absolute atomic E-state index is 13.2. The molecular formula is C19H19N3O2S. The Morgan fingerprint density at radius 1 is 1.32 bits per heavy atom. The lowest BCUT2D eigenvalue weighted by atomic mass is 10.0. The van der Waals surface area contributed by atoms with Crippen LogP contribution < -0.4 is 10.1 Å². The summed E-state index contributed by atoms with van der Waals surface area (Å²) in [5.41, 5.74) is 4.48. The van der Waals surface area contributed by atoms with Gasteiger partial charge in [0.1, 0.15) is 5.75 Å². The van der Waals surface area contributed by atoms with E-state index in [2.05, 4.69) is 10.3 Å². The molecule has 0 radical (unpaired) electrons. The molecule has 6 heteroatoms. The van der Waals surface area contributed by atoms with Gasteiger partial charge in [-0.15, -0.1) is 11.3 Å². The van der Waals surface area contributed by atoms with E-state index < -0.39 is 0 Å². The van der Waals surface area contributed by atoms with Crippen molar-refractivity contribution < 1.29 is 9.53 Å². The van der Waals surface area contributed by atoms with Crippen LogP contribution in [0.5, 0.6) is 5.75 Å². The van der Waals surface area contributed by atoms with Crippen LogP contribution in [0.3, 0.4) is 0 Å². The van der Waals surface area contributed by atoms with Gasteiger partial charge in [0.25, 0.3) is 5.91 Å². The molecule has 1 fully saturated rings. The average Bonchev–Trinajstić information content (AvgIpc) is 3.15. The van der Waals surface area contributed by atoms with E-state index in [-0.39, 0.29) is 11.9 Å². The van der Waals surface area contributed by atoms with Gasteiger partial charge in [-0.05, 0) is 24.3 Å². The van der Waals surface area contributed by atoms with Gasteiger partial charge in [-0.1, -0.05) is 18.2 Å². The van der Waals surface area contributed by atoms with Crippen molar-refractivity contribution >= 4 is 27.5 Å². The van der Waals surface area contributed by atoms with Crippen molar-refractivity contribution in [3.63, 3.8) is 0 Å². The summed E-state index contributed by atoms with van der Waals surface area (Å²) < 4.78 is 6.54. The smallest absolute Gasteiger partial charge is 0.254 e. The van der Waals surface area contributed by atoms with Crippen molar-refractivity contribution in [2.24, 2.45) is 0 Å². The highest BCUT2D eigenvalue weighted by atomic mass is 32.1. The van der Waals surface area contributed by atoms with Crippen LogP contribution in [0.4, 0.5) is 0 Å². The van der Waals surface area contributed by atoms with E-state index in [4.69, 9.17) is 4.74 Å². The Labute approximate surface area is 150 Å². The minimum atomic E-state index is -0.0467. The SMILES string of the molecule is COc1ccccc1C1CNCCN1C(=O)c1ccc2ncsc2c1. The molecule has 0 bridgehead atoms. The molecule has 3 aromatic rings. The highest BCUT2D eigenvalue weighted by molar-refractivity contribution is 7.16. The maximum Gasteiger partial charge on any atom is 0.254 e. The zero-order chi connectivity index (χ0) is 17.2. The number of para-hydroxylation sites is 1. The van der Waals surface area contributed by atoms with Gasteiger partial charge in [0, 0.05) is 30.8 Å². The number of amides is 1. The molecule has 128 valence electrons. The number of aromatic nitrogens is 1. The number of fused-ring (bicyclic) bond motifs is 1. The lowest BCUT2D eigenvalue weighted by Gasteiger charge is -2.37. The molecule has 1 aromatic heterocycles. The Bertz CT molecular complexity index is 908. The lowest BCUT2D eigenvalue weighted by molar-refractivity contribution is 0.0632. The van der Waals surface area contributed by atoms with E-state index in [1.54, 1.807) is 24.0 Å². The minimum Gasteiger partial charge on any atom is -0.496 e. The van der Waals surface area contributed by atoms with E-state index in [1.807, 2.05) is 47.4 Å². The van der Waals surface area contributed by atoms with Gasteiger partial charge in [0.2, 0.25) is 0 Å². The topological polar surface area (TPSA) is 54.5 Å². The number of piperazine rings is 1. The van der Waals surface area contributed by atoms with Crippen LogP contribution in [0.15, 0.2) is 48.0 Å². The number of ether oxygens (including phenoxy) is 1. The first kappa shape index (κ1) is 16.1. The molecule has 2 heterocycles. The van der Waals surface area contributed by atoms with Crippen LogP contribution in [0.2, 0.25) is 0 Å². The molecule has 1 aliphatic heterocycles. The summed E-state index contributed by atoms with van der Waals surface area (Å²) >= 11 is 1.55. The molecule has 5 nitrogen and oxygen atoms in total. The molecular weight excluding hydrogens is 334 g/mol. The second-order valence-electron chi connectivity index (χ2n) is 6.00. The van der Waals surface area contributed by atoms with Gasteiger partial charge >= 0.3 is 0 Å². The molecule has 1 saturated heterocycles. The summed E-state index contributed by atoms with van der Waals surface area (Å²) in [5.74, 6) is 0.861. The van der Waals surface area contributed by atoms with Gasteiger partial charge < -0.3 is 15.0 Å². The number of thiazole rings is 1. The molecule has 1 amide bonds. The molecule has 0 aliphatic carbocycles. The Hall–Kier alpha value is -2.44. The monoisotopic (exact) mass is 353 g/mol. The number of benzene rings is 2. The van der Waals surface area contributed by atoms with Crippen molar-refractivity contribution in [2.75, 3.05) is 26.7 Å². The Morgan fingerprint density at radius 3 is 3.08 bits per heavy atom. The highest BCUT2D eigenvalue weighted by Crippen LogP contribution is 2.31. The number of nitrogens with one attached hydrogen (secondary N) is 1. The fraction of sp³-hybridized carbons (Fsp3) is 0.263. The van der Waals surface area contributed by atoms with E-state index >= 15 is 0 Å². The van der Waals surface area contributed by atoms with Crippen molar-refractivity contribution in [1.29, 1.82) is 0 Å². The van der Waals surface area contributed by atoms with Gasteiger partial charge in [-0.2, -0.15) is 0 Å². The van der Waals surface area contributed by atoms with Crippen molar-refractivity contribution in [3.8, 4) is 5.75 Å². The molecule has 0 spiro atoms. The maximum atomic E-state index is 13.2. The van der Waals surface area contributed by atoms with Crippen LogP contribution in [0, 0.1) is 0 Å². The molecule has 2 aromatic carbocycles. The summed E-state index contributed by atoms with van der Waals surface area (Å²) in [6.45, 7) is 2.18. The van der Waals surface area contributed by atoms with Gasteiger partial charge in [-0.3, -0.25) is 4.79 Å². The number of nitrogens with zero attached hydrogens (tertiary/aromatic N) is 2. The predicted octanol–water partition coefficient (Wildman–Crippen LogP) is 3.09. The zero-order valence-electron chi connectivity index (χ0n) is 13.9. The molecule has 1 atom stereocenters. The first-order valence-electron chi connectivity index (χ1n) is 8.26. The second kappa shape index (κ2) is 6.82. The van der Waals surface area contributed by atoms with Crippen LogP contribution in [-0.2, 0) is 0 Å². The summed E-state index contributed by atoms with van der Waals surface area (Å²) in [6.07, 6.45) is 0. The summed E-state index contributed by atoms with van der Waals surface area (Å²) in [4.78, 5) is 19.4. The van der Waals surface area contributed by atoms with E-state index in [9.17, 15) is 4.79 Å². The van der Waals surface area contributed by atoms with E-state index in [1.165, 1.54) is 0 Å². The molecule has 0 saturated carbocycles. The van der Waals surface area contributed by atoms with Crippen molar-refractivity contribution in [2.45, 2.75) is 6.04 Å². The lowest BCUT2D eigenvalue weighted by Crippen LogP contribution is -2.48.